The summed E-state index contributed by atoms with van der Waals surface area (Å²) in [5, 5.41) is 13.7. The van der Waals surface area contributed by atoms with Gasteiger partial charge in [-0.05, 0) is 42.5 Å². The van der Waals surface area contributed by atoms with E-state index < -0.39 is 5.91 Å². The van der Waals surface area contributed by atoms with Gasteiger partial charge in [-0.1, -0.05) is 21.1 Å². The first-order chi connectivity index (χ1) is 7.72. The molecule has 2 N–H and O–H groups in total. The van der Waals surface area contributed by atoms with E-state index in [9.17, 15) is 4.79 Å². The van der Waals surface area contributed by atoms with E-state index in [-0.39, 0.29) is 0 Å². The van der Waals surface area contributed by atoms with E-state index in [1.165, 1.54) is 11.1 Å². The molecule has 1 aliphatic rings. The van der Waals surface area contributed by atoms with Crippen LogP contribution in [0.4, 0.5) is 5.69 Å². The van der Waals surface area contributed by atoms with E-state index in [0.717, 1.165) is 35.6 Å². The van der Waals surface area contributed by atoms with Crippen LogP contribution in [0.1, 0.15) is 17.5 Å². The third kappa shape index (κ3) is 2.09. The molecule has 0 fully saturated rings. The minimum absolute atomic E-state index is 0.418. The molecule has 4 nitrogen and oxygen atoms in total. The first-order valence-electron chi connectivity index (χ1n) is 5.01. The molecule has 0 heterocycles. The summed E-state index contributed by atoms with van der Waals surface area (Å²) in [7, 11) is 0. The largest absolute Gasteiger partial charge is 0.411 e. The highest BCUT2D eigenvalue weighted by Crippen LogP contribution is 2.34. The zero-order valence-corrected chi connectivity index (χ0v) is 10.1. The van der Waals surface area contributed by atoms with Gasteiger partial charge < -0.3 is 10.5 Å². The van der Waals surface area contributed by atoms with Crippen molar-refractivity contribution in [2.24, 2.45) is 5.16 Å². The highest BCUT2D eigenvalue weighted by molar-refractivity contribution is 9.10. The molecule has 0 spiro atoms. The van der Waals surface area contributed by atoms with Crippen molar-refractivity contribution < 1.29 is 10.0 Å². The molecule has 1 aliphatic carbocycles. The predicted molar refractivity (Wildman–Crippen MR) is 65.1 cm³/mol. The van der Waals surface area contributed by atoms with Crippen LogP contribution >= 0.6 is 15.9 Å². The molecule has 5 heteroatoms. The minimum atomic E-state index is -0.418. The fourth-order valence-electron chi connectivity index (χ4n) is 2.00. The molecule has 1 aromatic rings. The van der Waals surface area contributed by atoms with Gasteiger partial charge in [0.05, 0.1) is 0 Å². The Morgan fingerprint density at radius 1 is 1.44 bits per heavy atom. The van der Waals surface area contributed by atoms with Crippen LogP contribution in [0.5, 0.6) is 0 Å². The van der Waals surface area contributed by atoms with Crippen molar-refractivity contribution in [2.75, 3.05) is 5.32 Å². The number of halogens is 1. The van der Waals surface area contributed by atoms with Crippen molar-refractivity contribution in [3.8, 4) is 0 Å². The number of anilines is 1. The van der Waals surface area contributed by atoms with Crippen LogP contribution < -0.4 is 5.32 Å². The normalized spacial score (nSPS) is 14.1. The van der Waals surface area contributed by atoms with Crippen LogP contribution in [-0.4, -0.2) is 17.3 Å². The van der Waals surface area contributed by atoms with Gasteiger partial charge in [-0.3, -0.25) is 4.79 Å². The second kappa shape index (κ2) is 4.65. The van der Waals surface area contributed by atoms with Crippen LogP contribution in [0.3, 0.4) is 0 Å². The van der Waals surface area contributed by atoms with Crippen molar-refractivity contribution >= 4 is 33.7 Å². The Labute approximate surface area is 101 Å². The summed E-state index contributed by atoms with van der Waals surface area (Å²) < 4.78 is 1.09. The van der Waals surface area contributed by atoms with Gasteiger partial charge in [0.25, 0.3) is 5.91 Å². The second-order valence-electron chi connectivity index (χ2n) is 3.64. The van der Waals surface area contributed by atoms with E-state index in [1.807, 2.05) is 12.1 Å². The van der Waals surface area contributed by atoms with Gasteiger partial charge in [0.15, 0.2) is 0 Å². The molecule has 0 bridgehead atoms. The van der Waals surface area contributed by atoms with Crippen molar-refractivity contribution in [3.63, 3.8) is 0 Å². The molecule has 1 aromatic carbocycles. The Morgan fingerprint density at radius 2 is 2.19 bits per heavy atom. The molecule has 1 amide bonds. The van der Waals surface area contributed by atoms with Crippen molar-refractivity contribution in [1.82, 2.24) is 0 Å². The first-order valence-corrected chi connectivity index (χ1v) is 5.80. The van der Waals surface area contributed by atoms with Gasteiger partial charge >= 0.3 is 0 Å². The topological polar surface area (TPSA) is 61.7 Å². The highest BCUT2D eigenvalue weighted by atomic mass is 79.9. The van der Waals surface area contributed by atoms with Gasteiger partial charge in [-0.25, -0.2) is 0 Å². The second-order valence-corrected chi connectivity index (χ2v) is 4.49. The number of fused-ring (bicyclic) bond motifs is 1. The number of rotatable bonds is 2. The lowest BCUT2D eigenvalue weighted by molar-refractivity contribution is -0.110. The van der Waals surface area contributed by atoms with Gasteiger partial charge in [-0.2, -0.15) is 0 Å². The molecular weight excluding hydrogens is 272 g/mol. The summed E-state index contributed by atoms with van der Waals surface area (Å²) in [5.74, 6) is -0.418. The van der Waals surface area contributed by atoms with Gasteiger partial charge in [-0.15, -0.1) is 0 Å². The molecule has 0 saturated carbocycles. The van der Waals surface area contributed by atoms with Crippen LogP contribution in [-0.2, 0) is 17.6 Å². The average molecular weight is 283 g/mol. The Hall–Kier alpha value is -1.36. The smallest absolute Gasteiger partial charge is 0.270 e. The summed E-state index contributed by atoms with van der Waals surface area (Å²) >= 11 is 3.50. The van der Waals surface area contributed by atoms with Crippen LogP contribution in [0.25, 0.3) is 0 Å². The number of oxime groups is 1. The first kappa shape index (κ1) is 11.1. The van der Waals surface area contributed by atoms with E-state index in [1.54, 1.807) is 0 Å². The lowest BCUT2D eigenvalue weighted by atomic mass is 10.1. The highest BCUT2D eigenvalue weighted by Gasteiger charge is 2.18. The molecule has 2 rings (SSSR count). The standard InChI is InChI=1S/C11H11BrN2O2/c12-9-4-5-10(14-11(15)6-13-16)8-3-1-2-7(8)9/h4-6,16H,1-3H2,(H,14,15)/b13-6-. The monoisotopic (exact) mass is 282 g/mol. The number of nitrogens with one attached hydrogen (secondary N) is 1. The fourth-order valence-corrected chi connectivity index (χ4v) is 2.57. The molecule has 84 valence electrons. The zero-order chi connectivity index (χ0) is 11.5. The number of hydrogen-bond acceptors (Lipinski definition) is 3. The molecule has 0 saturated heterocycles. The maximum atomic E-state index is 11.3. The molecule has 0 radical (unpaired) electrons. The molecular formula is C11H11BrN2O2. The lowest BCUT2D eigenvalue weighted by Crippen LogP contribution is -2.14. The van der Waals surface area contributed by atoms with Crippen molar-refractivity contribution in [2.45, 2.75) is 19.3 Å². The number of benzene rings is 1. The van der Waals surface area contributed by atoms with E-state index in [4.69, 9.17) is 5.21 Å². The average Bonchev–Trinajstić information content (AvgIpc) is 2.72. The number of carbonyl (C=O) groups excluding carboxylic acids is 1. The minimum Gasteiger partial charge on any atom is -0.411 e. The number of carbonyl (C=O) groups is 1. The van der Waals surface area contributed by atoms with Gasteiger partial charge in [0, 0.05) is 10.2 Å². The van der Waals surface area contributed by atoms with Crippen LogP contribution in [0, 0.1) is 0 Å². The van der Waals surface area contributed by atoms with E-state index >= 15 is 0 Å². The third-order valence-electron chi connectivity index (χ3n) is 2.66. The Bertz CT molecular complexity index is 458. The Kier molecular flexibility index (Phi) is 3.24. The predicted octanol–water partition coefficient (Wildman–Crippen LogP) is 2.34. The van der Waals surface area contributed by atoms with Crippen molar-refractivity contribution in [3.05, 3.63) is 27.7 Å². The van der Waals surface area contributed by atoms with Gasteiger partial charge in [0.1, 0.15) is 6.21 Å². The molecule has 0 atom stereocenters. The fraction of sp³-hybridized carbons (Fsp3) is 0.273. The summed E-state index contributed by atoms with van der Waals surface area (Å²) in [4.78, 5) is 11.3. The van der Waals surface area contributed by atoms with Gasteiger partial charge in [0.2, 0.25) is 0 Å². The molecule has 0 unspecified atom stereocenters. The zero-order valence-electron chi connectivity index (χ0n) is 8.53. The Morgan fingerprint density at radius 3 is 2.94 bits per heavy atom. The Balaban J connectivity index is 2.29. The number of nitrogens with zero attached hydrogens (tertiary/aromatic N) is 1. The summed E-state index contributed by atoms with van der Waals surface area (Å²) in [5.41, 5.74) is 3.24. The van der Waals surface area contributed by atoms with Crippen LogP contribution in [0.2, 0.25) is 0 Å². The number of amides is 1. The maximum Gasteiger partial charge on any atom is 0.270 e. The lowest BCUT2D eigenvalue weighted by Gasteiger charge is -2.09. The summed E-state index contributed by atoms with van der Waals surface area (Å²) in [6.45, 7) is 0. The van der Waals surface area contributed by atoms with Crippen molar-refractivity contribution in [1.29, 1.82) is 0 Å². The SMILES string of the molecule is O=C(/C=N\O)Nc1ccc(Br)c2c1CCC2. The molecule has 0 aliphatic heterocycles. The molecule has 0 aromatic heterocycles. The van der Waals surface area contributed by atoms with E-state index in [0.29, 0.717) is 0 Å². The van der Waals surface area contributed by atoms with Crippen LogP contribution in [0.15, 0.2) is 21.8 Å². The quantitative estimate of drug-likeness (QED) is 0.497. The van der Waals surface area contributed by atoms with E-state index in [2.05, 4.69) is 26.4 Å². The maximum absolute atomic E-state index is 11.3. The molecule has 16 heavy (non-hydrogen) atoms. The number of hydrogen-bond donors (Lipinski definition) is 2. The summed E-state index contributed by atoms with van der Waals surface area (Å²) in [6.07, 6.45) is 3.96. The summed E-state index contributed by atoms with van der Waals surface area (Å²) in [6, 6.07) is 3.78. The third-order valence-corrected chi connectivity index (χ3v) is 3.40.